The summed E-state index contributed by atoms with van der Waals surface area (Å²) < 4.78 is 1.76. The standard InChI is InChI=1S/C22H21N5OS2/c1-3-17-9-7-8-12-20(17)27(16(2)28)22-24-18(14-30-22)13-29-21-23-15-26(25-21)19-10-5-4-6-11-19/h4-12,14-15H,3,13H2,1-2H3. The number of rotatable bonds is 7. The number of thioether (sulfide) groups is 1. The first kappa shape index (κ1) is 20.3. The molecule has 2 heterocycles. The molecule has 0 unspecified atom stereocenters. The van der Waals surface area contributed by atoms with Crippen LogP contribution in [0.2, 0.25) is 0 Å². The van der Waals surface area contributed by atoms with Crippen LogP contribution in [0.15, 0.2) is 71.5 Å². The molecule has 0 spiro atoms. The molecule has 0 radical (unpaired) electrons. The van der Waals surface area contributed by atoms with Crippen molar-refractivity contribution in [2.45, 2.75) is 31.2 Å². The third-order valence-electron chi connectivity index (χ3n) is 4.50. The van der Waals surface area contributed by atoms with E-state index < -0.39 is 0 Å². The fourth-order valence-corrected chi connectivity index (χ4v) is 4.74. The number of hydrogen-bond acceptors (Lipinski definition) is 6. The van der Waals surface area contributed by atoms with Gasteiger partial charge in [0, 0.05) is 18.1 Å². The molecule has 0 atom stereocenters. The van der Waals surface area contributed by atoms with Crippen molar-refractivity contribution in [3.8, 4) is 5.69 Å². The average Bonchev–Trinajstić information content (AvgIpc) is 3.43. The van der Waals surface area contributed by atoms with E-state index in [9.17, 15) is 4.79 Å². The summed E-state index contributed by atoms with van der Waals surface area (Å²) in [5.74, 6) is 0.587. The maximum Gasteiger partial charge on any atom is 0.230 e. The molecule has 30 heavy (non-hydrogen) atoms. The molecule has 8 heteroatoms. The number of anilines is 2. The van der Waals surface area contributed by atoms with Crippen LogP contribution >= 0.6 is 23.1 Å². The monoisotopic (exact) mass is 435 g/mol. The summed E-state index contributed by atoms with van der Waals surface area (Å²) in [7, 11) is 0. The third kappa shape index (κ3) is 4.44. The molecular formula is C22H21N5OS2. The number of carbonyl (C=O) groups excluding carboxylic acids is 1. The molecule has 4 aromatic rings. The van der Waals surface area contributed by atoms with Crippen LogP contribution in [0.1, 0.15) is 25.1 Å². The number of aryl methyl sites for hydroxylation is 1. The quantitative estimate of drug-likeness (QED) is 0.370. The van der Waals surface area contributed by atoms with E-state index in [0.717, 1.165) is 29.1 Å². The predicted octanol–water partition coefficient (Wildman–Crippen LogP) is 5.26. The first-order valence-corrected chi connectivity index (χ1v) is 11.4. The highest BCUT2D eigenvalue weighted by Gasteiger charge is 2.20. The van der Waals surface area contributed by atoms with Crippen molar-refractivity contribution in [3.63, 3.8) is 0 Å². The first-order chi connectivity index (χ1) is 14.7. The van der Waals surface area contributed by atoms with Crippen molar-refractivity contribution in [1.82, 2.24) is 19.7 Å². The maximum absolute atomic E-state index is 12.4. The van der Waals surface area contributed by atoms with Crippen molar-refractivity contribution >= 4 is 39.8 Å². The SMILES string of the molecule is CCc1ccccc1N(C(C)=O)c1nc(CSc2ncn(-c3ccccc3)n2)cs1. The van der Waals surface area contributed by atoms with Gasteiger partial charge in [-0.05, 0) is 30.2 Å². The Morgan fingerprint density at radius 2 is 1.90 bits per heavy atom. The Hall–Kier alpha value is -2.97. The van der Waals surface area contributed by atoms with Gasteiger partial charge in [-0.25, -0.2) is 14.6 Å². The normalized spacial score (nSPS) is 10.9. The molecule has 0 N–H and O–H groups in total. The molecule has 0 fully saturated rings. The second-order valence-corrected chi connectivity index (χ2v) is 8.33. The number of carbonyl (C=O) groups is 1. The molecule has 4 rings (SSSR count). The fourth-order valence-electron chi connectivity index (χ4n) is 3.06. The summed E-state index contributed by atoms with van der Waals surface area (Å²) in [5.41, 5.74) is 3.88. The summed E-state index contributed by atoms with van der Waals surface area (Å²) in [5, 5.41) is 7.87. The van der Waals surface area contributed by atoms with Gasteiger partial charge in [-0.15, -0.1) is 16.4 Å². The summed E-state index contributed by atoms with van der Waals surface area (Å²) in [6.07, 6.45) is 2.56. The van der Waals surface area contributed by atoms with E-state index in [2.05, 4.69) is 17.0 Å². The van der Waals surface area contributed by atoms with Crippen molar-refractivity contribution in [2.24, 2.45) is 0 Å². The van der Waals surface area contributed by atoms with Crippen LogP contribution in [-0.2, 0) is 17.0 Å². The topological polar surface area (TPSA) is 63.9 Å². The number of amides is 1. The van der Waals surface area contributed by atoms with Gasteiger partial charge in [-0.1, -0.05) is 55.1 Å². The smallest absolute Gasteiger partial charge is 0.230 e. The van der Waals surface area contributed by atoms with Gasteiger partial charge in [0.25, 0.3) is 0 Å². The van der Waals surface area contributed by atoms with Gasteiger partial charge in [0.15, 0.2) is 5.13 Å². The number of hydrogen-bond donors (Lipinski definition) is 0. The minimum atomic E-state index is -0.0484. The second-order valence-electron chi connectivity index (χ2n) is 6.55. The van der Waals surface area contributed by atoms with Crippen molar-refractivity contribution < 1.29 is 4.79 Å². The van der Waals surface area contributed by atoms with Gasteiger partial charge in [0.05, 0.1) is 17.1 Å². The van der Waals surface area contributed by atoms with E-state index in [1.54, 1.807) is 22.8 Å². The number of para-hydroxylation sites is 2. The average molecular weight is 436 g/mol. The number of benzene rings is 2. The third-order valence-corrected chi connectivity index (χ3v) is 6.26. The molecule has 2 aromatic carbocycles. The second kappa shape index (κ2) is 9.23. The van der Waals surface area contributed by atoms with E-state index in [0.29, 0.717) is 16.0 Å². The largest absolute Gasteiger partial charge is 0.274 e. The lowest BCUT2D eigenvalue weighted by Crippen LogP contribution is -2.23. The van der Waals surface area contributed by atoms with Gasteiger partial charge in [0.2, 0.25) is 11.1 Å². The molecular weight excluding hydrogens is 414 g/mol. The number of nitrogens with zero attached hydrogens (tertiary/aromatic N) is 5. The Morgan fingerprint density at radius 1 is 1.13 bits per heavy atom. The summed E-state index contributed by atoms with van der Waals surface area (Å²) >= 11 is 3.00. The van der Waals surface area contributed by atoms with Crippen LogP contribution in [0, 0.1) is 0 Å². The molecule has 1 amide bonds. The summed E-state index contributed by atoms with van der Waals surface area (Å²) in [6, 6.07) is 17.8. The van der Waals surface area contributed by atoms with Crippen LogP contribution in [-0.4, -0.2) is 25.7 Å². The molecule has 2 aromatic heterocycles. The first-order valence-electron chi connectivity index (χ1n) is 9.58. The molecule has 152 valence electrons. The Balaban J connectivity index is 1.48. The van der Waals surface area contributed by atoms with Crippen LogP contribution in [0.4, 0.5) is 10.8 Å². The fraction of sp³-hybridized carbons (Fsp3) is 0.182. The number of thiazole rings is 1. The van der Waals surface area contributed by atoms with Gasteiger partial charge in [0.1, 0.15) is 6.33 Å². The van der Waals surface area contributed by atoms with E-state index >= 15 is 0 Å². The van der Waals surface area contributed by atoms with E-state index in [-0.39, 0.29) is 5.91 Å². The van der Waals surface area contributed by atoms with Gasteiger partial charge in [-0.3, -0.25) is 9.69 Å². The van der Waals surface area contributed by atoms with Crippen LogP contribution in [0.5, 0.6) is 0 Å². The summed E-state index contributed by atoms with van der Waals surface area (Å²) in [4.78, 5) is 23.2. The molecule has 0 aliphatic rings. The van der Waals surface area contributed by atoms with Crippen LogP contribution in [0.25, 0.3) is 5.69 Å². The maximum atomic E-state index is 12.4. The van der Waals surface area contributed by atoms with E-state index in [1.165, 1.54) is 23.1 Å². The van der Waals surface area contributed by atoms with Crippen molar-refractivity contribution in [3.05, 3.63) is 77.6 Å². The Bertz CT molecular complexity index is 1140. The predicted molar refractivity (Wildman–Crippen MR) is 122 cm³/mol. The van der Waals surface area contributed by atoms with Crippen molar-refractivity contribution in [2.75, 3.05) is 4.90 Å². The Morgan fingerprint density at radius 3 is 2.67 bits per heavy atom. The number of aromatic nitrogens is 4. The van der Waals surface area contributed by atoms with Crippen LogP contribution < -0.4 is 4.90 Å². The van der Waals surface area contributed by atoms with Crippen LogP contribution in [0.3, 0.4) is 0 Å². The molecule has 0 saturated carbocycles. The minimum Gasteiger partial charge on any atom is -0.274 e. The van der Waals surface area contributed by atoms with E-state index in [1.807, 2.05) is 60.0 Å². The zero-order valence-corrected chi connectivity index (χ0v) is 18.4. The zero-order chi connectivity index (χ0) is 20.9. The minimum absolute atomic E-state index is 0.0484. The Labute approximate surface area is 183 Å². The lowest BCUT2D eigenvalue weighted by Gasteiger charge is -2.20. The molecule has 6 nitrogen and oxygen atoms in total. The highest BCUT2D eigenvalue weighted by Crippen LogP contribution is 2.33. The molecule has 0 aliphatic heterocycles. The van der Waals surface area contributed by atoms with Gasteiger partial charge in [-0.2, -0.15) is 0 Å². The molecule has 0 saturated heterocycles. The summed E-state index contributed by atoms with van der Waals surface area (Å²) in [6.45, 7) is 3.66. The Kier molecular flexibility index (Phi) is 6.25. The van der Waals surface area contributed by atoms with Gasteiger partial charge >= 0.3 is 0 Å². The highest BCUT2D eigenvalue weighted by atomic mass is 32.2. The van der Waals surface area contributed by atoms with Crippen molar-refractivity contribution in [1.29, 1.82) is 0 Å². The van der Waals surface area contributed by atoms with Gasteiger partial charge < -0.3 is 0 Å². The lowest BCUT2D eigenvalue weighted by molar-refractivity contribution is -0.115. The zero-order valence-electron chi connectivity index (χ0n) is 16.7. The molecule has 0 aliphatic carbocycles. The highest BCUT2D eigenvalue weighted by molar-refractivity contribution is 7.98. The molecule has 0 bridgehead atoms. The van der Waals surface area contributed by atoms with E-state index in [4.69, 9.17) is 4.98 Å². The lowest BCUT2D eigenvalue weighted by atomic mass is 10.1.